The van der Waals surface area contributed by atoms with Crippen LogP contribution in [-0.2, 0) is 0 Å². The summed E-state index contributed by atoms with van der Waals surface area (Å²) in [5.41, 5.74) is 2.28. The molecule has 2 aliphatic heterocycles. The van der Waals surface area contributed by atoms with Crippen molar-refractivity contribution < 1.29 is 4.42 Å². The van der Waals surface area contributed by atoms with Crippen LogP contribution in [0, 0.1) is 0 Å². The smallest absolute Gasteiger partial charge is 0.247 e. The molecule has 4 nitrogen and oxygen atoms in total. The van der Waals surface area contributed by atoms with Crippen LogP contribution in [0.25, 0.3) is 11.5 Å². The quantitative estimate of drug-likeness (QED) is 0.562. The van der Waals surface area contributed by atoms with Crippen LogP contribution in [0.15, 0.2) is 59.0 Å². The third kappa shape index (κ3) is 3.34. The van der Waals surface area contributed by atoms with E-state index in [1.54, 1.807) is 0 Å². The molecule has 2 bridgehead atoms. The molecule has 1 aromatic heterocycles. The molecule has 2 aliphatic rings. The van der Waals surface area contributed by atoms with E-state index in [9.17, 15) is 0 Å². The number of likely N-dealkylation sites (N-methyl/N-ethyl adjacent to an activating group) is 1. The highest BCUT2D eigenvalue weighted by Crippen LogP contribution is 2.50. The van der Waals surface area contributed by atoms with Crippen LogP contribution >= 0.6 is 24.0 Å². The number of nitrogens with zero attached hydrogens (tertiary/aromatic N) is 3. The molecule has 0 aliphatic carbocycles. The molecule has 2 fully saturated rings. The average Bonchev–Trinajstić information content (AvgIpc) is 3.26. The van der Waals surface area contributed by atoms with Gasteiger partial charge in [-0.05, 0) is 62.1 Å². The maximum absolute atomic E-state index is 6.21. The second kappa shape index (κ2) is 7.86. The van der Waals surface area contributed by atoms with Gasteiger partial charge in [0.25, 0.3) is 0 Å². The molecule has 5 rings (SSSR count). The largest absolute Gasteiger partial charge is 0.420 e. The van der Waals surface area contributed by atoms with E-state index in [2.05, 4.69) is 34.3 Å². The van der Waals surface area contributed by atoms with Crippen molar-refractivity contribution in [1.82, 2.24) is 15.1 Å². The van der Waals surface area contributed by atoms with Crippen LogP contribution in [0.5, 0.6) is 0 Å². The summed E-state index contributed by atoms with van der Waals surface area (Å²) in [5.74, 6) is 1.94. The van der Waals surface area contributed by atoms with Crippen LogP contribution in [0.2, 0.25) is 5.02 Å². The third-order valence-electron chi connectivity index (χ3n) is 6.31. The first-order valence-electron chi connectivity index (χ1n) is 9.57. The monoisotopic (exact) mass is 415 g/mol. The summed E-state index contributed by atoms with van der Waals surface area (Å²) in [7, 11) is 2.24. The predicted molar refractivity (Wildman–Crippen MR) is 113 cm³/mol. The Morgan fingerprint density at radius 2 is 1.75 bits per heavy atom. The summed E-state index contributed by atoms with van der Waals surface area (Å²) in [5, 5.41) is 9.62. The van der Waals surface area contributed by atoms with Gasteiger partial charge in [-0.2, -0.15) is 0 Å². The third-order valence-corrected chi connectivity index (χ3v) is 6.57. The molecular formula is C22H23Cl2N3O. The Balaban J connectivity index is 0.00000192. The molecule has 2 saturated heterocycles. The lowest BCUT2D eigenvalue weighted by atomic mass is 9.76. The maximum Gasteiger partial charge on any atom is 0.247 e. The number of hydrogen-bond donors (Lipinski definition) is 0. The van der Waals surface area contributed by atoms with Gasteiger partial charge in [-0.15, -0.1) is 22.6 Å². The number of halogens is 2. The molecule has 28 heavy (non-hydrogen) atoms. The van der Waals surface area contributed by atoms with Crippen molar-refractivity contribution in [3.8, 4) is 11.5 Å². The predicted octanol–water partition coefficient (Wildman–Crippen LogP) is 5.55. The molecule has 2 aromatic carbocycles. The summed E-state index contributed by atoms with van der Waals surface area (Å²) in [4.78, 5) is 2.52. The van der Waals surface area contributed by atoms with E-state index in [1.807, 2.05) is 42.5 Å². The number of benzene rings is 2. The summed E-state index contributed by atoms with van der Waals surface area (Å²) >= 11 is 6.12. The first-order valence-corrected chi connectivity index (χ1v) is 9.95. The Hall–Kier alpha value is -1.88. The van der Waals surface area contributed by atoms with Crippen molar-refractivity contribution in [1.29, 1.82) is 0 Å². The Morgan fingerprint density at radius 1 is 1.00 bits per heavy atom. The van der Waals surface area contributed by atoms with Crippen molar-refractivity contribution in [2.75, 3.05) is 7.05 Å². The Kier molecular flexibility index (Phi) is 5.46. The highest BCUT2D eigenvalue weighted by atomic mass is 35.5. The number of aromatic nitrogens is 2. The molecule has 2 unspecified atom stereocenters. The van der Waals surface area contributed by atoms with Crippen molar-refractivity contribution in [3.05, 3.63) is 71.1 Å². The number of hydrogen-bond acceptors (Lipinski definition) is 4. The van der Waals surface area contributed by atoms with Crippen molar-refractivity contribution in [3.63, 3.8) is 0 Å². The van der Waals surface area contributed by atoms with Gasteiger partial charge in [-0.3, -0.25) is 4.90 Å². The first kappa shape index (κ1) is 19.4. The van der Waals surface area contributed by atoms with E-state index in [4.69, 9.17) is 16.0 Å². The molecule has 146 valence electrons. The minimum absolute atomic E-state index is 0. The van der Waals surface area contributed by atoms with E-state index in [-0.39, 0.29) is 18.3 Å². The lowest BCUT2D eigenvalue weighted by Gasteiger charge is -2.41. The van der Waals surface area contributed by atoms with E-state index in [0.717, 1.165) is 22.9 Å². The van der Waals surface area contributed by atoms with Crippen LogP contribution in [0.1, 0.15) is 42.6 Å². The van der Waals surface area contributed by atoms with Gasteiger partial charge in [0.1, 0.15) is 0 Å². The van der Waals surface area contributed by atoms with Gasteiger partial charge in [0.2, 0.25) is 11.8 Å². The van der Waals surface area contributed by atoms with E-state index in [1.165, 1.54) is 18.4 Å². The molecule has 0 saturated carbocycles. The zero-order valence-corrected chi connectivity index (χ0v) is 17.2. The summed E-state index contributed by atoms with van der Waals surface area (Å²) in [6.07, 6.45) is 3.53. The summed E-state index contributed by atoms with van der Waals surface area (Å²) < 4.78 is 6.21. The van der Waals surface area contributed by atoms with E-state index in [0.29, 0.717) is 23.9 Å². The minimum Gasteiger partial charge on any atom is -0.420 e. The van der Waals surface area contributed by atoms with E-state index >= 15 is 0 Å². The Morgan fingerprint density at radius 3 is 2.50 bits per heavy atom. The molecule has 6 heteroatoms. The molecule has 0 radical (unpaired) electrons. The van der Waals surface area contributed by atoms with Crippen molar-refractivity contribution >= 4 is 24.0 Å². The van der Waals surface area contributed by atoms with Gasteiger partial charge >= 0.3 is 0 Å². The van der Waals surface area contributed by atoms with Crippen LogP contribution in [0.4, 0.5) is 0 Å². The van der Waals surface area contributed by atoms with Crippen LogP contribution in [-0.4, -0.2) is 34.2 Å². The average molecular weight is 416 g/mol. The molecule has 0 N–H and O–H groups in total. The van der Waals surface area contributed by atoms with Crippen LogP contribution in [0.3, 0.4) is 0 Å². The fourth-order valence-corrected chi connectivity index (χ4v) is 5.05. The molecule has 0 spiro atoms. The zero-order valence-electron chi connectivity index (χ0n) is 15.7. The van der Waals surface area contributed by atoms with Gasteiger partial charge in [-0.1, -0.05) is 41.9 Å². The lowest BCUT2D eigenvalue weighted by molar-refractivity contribution is 0.124. The van der Waals surface area contributed by atoms with Gasteiger partial charge < -0.3 is 4.42 Å². The highest BCUT2D eigenvalue weighted by Gasteiger charge is 2.48. The Bertz CT molecular complexity index is 928. The Labute approximate surface area is 176 Å². The molecule has 3 aromatic rings. The molecule has 0 amide bonds. The van der Waals surface area contributed by atoms with Gasteiger partial charge in [0, 0.05) is 22.7 Å². The van der Waals surface area contributed by atoms with Gasteiger partial charge in [0.15, 0.2) is 0 Å². The minimum atomic E-state index is 0. The van der Waals surface area contributed by atoms with E-state index < -0.39 is 0 Å². The standard InChI is InChI=1S/C22H22ClN3O.ClH/c1-26-17-11-12-19(26)20(18(13-17)14-7-9-16(23)10-8-14)22-25-24-21(27-22)15-5-3-2-4-6-15;/h2-10,17-20H,11-13H2,1H3;1H/t17-,18-,19?,20?;/m1./s1. The highest BCUT2D eigenvalue weighted by molar-refractivity contribution is 6.30. The number of piperidine rings is 1. The van der Waals surface area contributed by atoms with Crippen molar-refractivity contribution in [2.24, 2.45) is 0 Å². The molecule has 3 heterocycles. The summed E-state index contributed by atoms with van der Waals surface area (Å²) in [6, 6.07) is 19.3. The number of fused-ring (bicyclic) bond motifs is 2. The first-order chi connectivity index (χ1) is 13.2. The fourth-order valence-electron chi connectivity index (χ4n) is 4.92. The SMILES string of the molecule is CN1C2CC[C@@H]1C[C@H](c1ccc(Cl)cc1)C2c1nnc(-c2ccccc2)o1.Cl. The second-order valence-electron chi connectivity index (χ2n) is 7.69. The topological polar surface area (TPSA) is 42.2 Å². The van der Waals surface area contributed by atoms with Crippen molar-refractivity contribution in [2.45, 2.75) is 43.2 Å². The molecular weight excluding hydrogens is 393 g/mol. The zero-order chi connectivity index (χ0) is 18.4. The number of rotatable bonds is 3. The molecule has 4 atom stereocenters. The normalized spacial score (nSPS) is 26.8. The maximum atomic E-state index is 6.21. The van der Waals surface area contributed by atoms with Gasteiger partial charge in [-0.25, -0.2) is 0 Å². The second-order valence-corrected chi connectivity index (χ2v) is 8.13. The van der Waals surface area contributed by atoms with Gasteiger partial charge in [0.05, 0.1) is 5.92 Å². The summed E-state index contributed by atoms with van der Waals surface area (Å²) in [6.45, 7) is 0. The fraction of sp³-hybridized carbons (Fsp3) is 0.364. The lowest BCUT2D eigenvalue weighted by Crippen LogP contribution is -2.44. The van der Waals surface area contributed by atoms with Crippen LogP contribution < -0.4 is 0 Å².